The van der Waals surface area contributed by atoms with Gasteiger partial charge in [-0.15, -0.1) is 0 Å². The van der Waals surface area contributed by atoms with Gasteiger partial charge >= 0.3 is 0 Å². The molecular weight excluding hydrogens is 248 g/mol. The van der Waals surface area contributed by atoms with Crippen molar-refractivity contribution in [1.29, 1.82) is 0 Å². The molecule has 0 aliphatic carbocycles. The molecule has 0 radical (unpaired) electrons. The van der Waals surface area contributed by atoms with Gasteiger partial charge in [0.05, 0.1) is 16.3 Å². The summed E-state index contributed by atoms with van der Waals surface area (Å²) in [6, 6.07) is 3.84. The van der Waals surface area contributed by atoms with Crippen LogP contribution >= 0.6 is 0 Å². The van der Waals surface area contributed by atoms with Crippen LogP contribution in [0.2, 0.25) is 0 Å². The number of benzene rings is 1. The third kappa shape index (κ3) is 2.37. The van der Waals surface area contributed by atoms with E-state index in [4.69, 9.17) is 0 Å². The Morgan fingerprint density at radius 2 is 2.06 bits per heavy atom. The fourth-order valence-corrected chi connectivity index (χ4v) is 4.12. The third-order valence-corrected chi connectivity index (χ3v) is 5.02. The van der Waals surface area contributed by atoms with E-state index in [1.54, 1.807) is 6.07 Å². The molecule has 1 aliphatic heterocycles. The van der Waals surface area contributed by atoms with Crippen LogP contribution in [0.5, 0.6) is 0 Å². The van der Waals surface area contributed by atoms with Gasteiger partial charge in [0.2, 0.25) is 0 Å². The lowest BCUT2D eigenvalue weighted by molar-refractivity contribution is 0.588. The second-order valence-corrected chi connectivity index (χ2v) is 6.92. The summed E-state index contributed by atoms with van der Waals surface area (Å²) in [6.45, 7) is 6.20. The van der Waals surface area contributed by atoms with Crippen LogP contribution in [-0.4, -0.2) is 40.9 Å². The molecule has 0 unspecified atom stereocenters. The molecule has 2 rings (SSSR count). The van der Waals surface area contributed by atoms with Crippen molar-refractivity contribution in [3.63, 3.8) is 0 Å². The monoisotopic (exact) mass is 268 g/mol. The number of aryl methyl sites for hydroxylation is 2. The van der Waals surface area contributed by atoms with Crippen molar-refractivity contribution in [1.82, 2.24) is 5.32 Å². The van der Waals surface area contributed by atoms with E-state index in [2.05, 4.69) is 10.2 Å². The Morgan fingerprint density at radius 1 is 1.33 bits per heavy atom. The van der Waals surface area contributed by atoms with E-state index in [0.29, 0.717) is 11.4 Å². The van der Waals surface area contributed by atoms with Crippen molar-refractivity contribution >= 4 is 15.5 Å². The third-order valence-electron chi connectivity index (χ3n) is 3.32. The molecule has 0 fully saturated rings. The largest absolute Gasteiger partial charge is 0.368 e. The average Bonchev–Trinajstić information content (AvgIpc) is 2.29. The molecule has 0 saturated carbocycles. The molecule has 4 nitrogen and oxygen atoms in total. The summed E-state index contributed by atoms with van der Waals surface area (Å²) < 4.78 is 24.3. The predicted molar refractivity (Wildman–Crippen MR) is 74.1 cm³/mol. The summed E-state index contributed by atoms with van der Waals surface area (Å²) >= 11 is 0. The molecule has 1 aliphatic rings. The number of sulfone groups is 1. The zero-order valence-electron chi connectivity index (χ0n) is 11.2. The second-order valence-electron chi connectivity index (χ2n) is 4.84. The number of hydrogen-bond donors (Lipinski definition) is 1. The van der Waals surface area contributed by atoms with E-state index in [9.17, 15) is 8.42 Å². The molecule has 1 heterocycles. The van der Waals surface area contributed by atoms with Crippen molar-refractivity contribution in [2.75, 3.05) is 37.3 Å². The SMILES string of the molecule is CNCCN1CCS(=O)(=O)c2cc(C)cc(C)c21. The molecule has 0 amide bonds. The fourth-order valence-electron chi connectivity index (χ4n) is 2.49. The maximum absolute atomic E-state index is 12.2. The molecule has 1 aromatic rings. The Bertz CT molecular complexity index is 552. The predicted octanol–water partition coefficient (Wildman–Crippen LogP) is 1.12. The molecule has 0 spiro atoms. The number of anilines is 1. The number of likely N-dealkylation sites (N-methyl/N-ethyl adjacent to an activating group) is 1. The number of nitrogens with one attached hydrogen (secondary N) is 1. The van der Waals surface area contributed by atoms with Crippen molar-refractivity contribution in [3.8, 4) is 0 Å². The second kappa shape index (κ2) is 4.90. The highest BCUT2D eigenvalue weighted by Crippen LogP contribution is 2.34. The van der Waals surface area contributed by atoms with Crippen LogP contribution in [0.1, 0.15) is 11.1 Å². The summed E-state index contributed by atoms with van der Waals surface area (Å²) in [7, 11) is -1.20. The van der Waals surface area contributed by atoms with Crippen LogP contribution in [0.25, 0.3) is 0 Å². The standard InChI is InChI=1S/C13H20N2O2S/c1-10-8-11(2)13-12(9-10)18(16,17)7-6-15(13)5-4-14-3/h8-9,14H,4-7H2,1-3H3. The maximum Gasteiger partial charge on any atom is 0.182 e. The Balaban J connectivity index is 2.52. The number of rotatable bonds is 3. The van der Waals surface area contributed by atoms with Crippen LogP contribution in [-0.2, 0) is 9.84 Å². The summed E-state index contributed by atoms with van der Waals surface area (Å²) in [5.74, 6) is 0.215. The van der Waals surface area contributed by atoms with Crippen LogP contribution in [0.15, 0.2) is 17.0 Å². The average molecular weight is 268 g/mol. The molecule has 0 atom stereocenters. The van der Waals surface area contributed by atoms with E-state index >= 15 is 0 Å². The van der Waals surface area contributed by atoms with Gasteiger partial charge in [-0.2, -0.15) is 0 Å². The van der Waals surface area contributed by atoms with Gasteiger partial charge in [0.25, 0.3) is 0 Å². The fraction of sp³-hybridized carbons (Fsp3) is 0.538. The number of nitrogens with zero attached hydrogens (tertiary/aromatic N) is 1. The van der Waals surface area contributed by atoms with Gasteiger partial charge in [-0.1, -0.05) is 6.07 Å². The van der Waals surface area contributed by atoms with Crippen LogP contribution in [0.4, 0.5) is 5.69 Å². The highest BCUT2D eigenvalue weighted by molar-refractivity contribution is 7.91. The number of hydrogen-bond acceptors (Lipinski definition) is 4. The number of fused-ring (bicyclic) bond motifs is 1. The molecular formula is C13H20N2O2S. The highest BCUT2D eigenvalue weighted by atomic mass is 32.2. The lowest BCUT2D eigenvalue weighted by Crippen LogP contribution is -2.39. The molecule has 5 heteroatoms. The van der Waals surface area contributed by atoms with Gasteiger partial charge in [0, 0.05) is 19.6 Å². The molecule has 1 aromatic carbocycles. The van der Waals surface area contributed by atoms with Crippen LogP contribution in [0, 0.1) is 13.8 Å². The minimum absolute atomic E-state index is 0.215. The van der Waals surface area contributed by atoms with E-state index in [1.807, 2.05) is 27.0 Å². The van der Waals surface area contributed by atoms with Crippen molar-refractivity contribution in [2.45, 2.75) is 18.7 Å². The van der Waals surface area contributed by atoms with Crippen molar-refractivity contribution in [3.05, 3.63) is 23.3 Å². The minimum Gasteiger partial charge on any atom is -0.368 e. The summed E-state index contributed by atoms with van der Waals surface area (Å²) in [5.41, 5.74) is 2.94. The van der Waals surface area contributed by atoms with Gasteiger partial charge in [-0.25, -0.2) is 8.42 Å². The van der Waals surface area contributed by atoms with E-state index in [0.717, 1.165) is 29.9 Å². The molecule has 0 saturated heterocycles. The first-order valence-corrected chi connectivity index (χ1v) is 7.84. The zero-order chi connectivity index (χ0) is 13.3. The van der Waals surface area contributed by atoms with Crippen molar-refractivity contribution in [2.24, 2.45) is 0 Å². The van der Waals surface area contributed by atoms with Gasteiger partial charge in [-0.3, -0.25) is 0 Å². The van der Waals surface area contributed by atoms with Crippen LogP contribution < -0.4 is 10.2 Å². The Hall–Kier alpha value is -1.07. The van der Waals surface area contributed by atoms with Gasteiger partial charge in [0.1, 0.15) is 0 Å². The van der Waals surface area contributed by atoms with E-state index in [1.165, 1.54) is 0 Å². The topological polar surface area (TPSA) is 49.4 Å². The first-order valence-electron chi connectivity index (χ1n) is 6.19. The normalized spacial score (nSPS) is 17.6. The van der Waals surface area contributed by atoms with Gasteiger partial charge < -0.3 is 10.2 Å². The summed E-state index contributed by atoms with van der Waals surface area (Å²) in [5, 5.41) is 3.11. The minimum atomic E-state index is -3.11. The molecule has 0 bridgehead atoms. The molecule has 1 N–H and O–H groups in total. The van der Waals surface area contributed by atoms with Gasteiger partial charge in [0.15, 0.2) is 9.84 Å². The maximum atomic E-state index is 12.2. The Kier molecular flexibility index (Phi) is 3.64. The summed E-state index contributed by atoms with van der Waals surface area (Å²) in [6.07, 6.45) is 0. The molecule has 18 heavy (non-hydrogen) atoms. The first kappa shape index (κ1) is 13.4. The van der Waals surface area contributed by atoms with Crippen LogP contribution in [0.3, 0.4) is 0 Å². The first-order chi connectivity index (χ1) is 8.45. The lowest BCUT2D eigenvalue weighted by atomic mass is 10.1. The van der Waals surface area contributed by atoms with Gasteiger partial charge in [-0.05, 0) is 38.1 Å². The van der Waals surface area contributed by atoms with E-state index < -0.39 is 9.84 Å². The molecule has 100 valence electrons. The highest BCUT2D eigenvalue weighted by Gasteiger charge is 2.29. The Labute approximate surface area is 109 Å². The summed E-state index contributed by atoms with van der Waals surface area (Å²) in [4.78, 5) is 2.67. The Morgan fingerprint density at radius 3 is 2.72 bits per heavy atom. The quantitative estimate of drug-likeness (QED) is 0.892. The smallest absolute Gasteiger partial charge is 0.182 e. The zero-order valence-corrected chi connectivity index (χ0v) is 12.0. The molecule has 0 aromatic heterocycles. The van der Waals surface area contributed by atoms with Crippen molar-refractivity contribution < 1.29 is 8.42 Å². The lowest BCUT2D eigenvalue weighted by Gasteiger charge is -2.32. The van der Waals surface area contributed by atoms with E-state index in [-0.39, 0.29) is 5.75 Å².